The summed E-state index contributed by atoms with van der Waals surface area (Å²) in [5.41, 5.74) is 8.94. The van der Waals surface area contributed by atoms with Crippen LogP contribution in [0.15, 0.2) is 36.4 Å². The van der Waals surface area contributed by atoms with Gasteiger partial charge in [0, 0.05) is 92.8 Å². The van der Waals surface area contributed by atoms with Crippen LogP contribution in [-0.2, 0) is 54.5 Å². The number of amides is 4. The third kappa shape index (κ3) is 15.2. The summed E-state index contributed by atoms with van der Waals surface area (Å²) >= 11 is 5.86. The van der Waals surface area contributed by atoms with E-state index in [4.69, 9.17) is 24.9 Å². The van der Waals surface area contributed by atoms with Crippen LogP contribution in [0, 0.1) is 11.6 Å². The summed E-state index contributed by atoms with van der Waals surface area (Å²) in [5, 5.41) is 12.1. The first-order valence-electron chi connectivity index (χ1n) is 23.6. The molecular formula is C50H64F2N8O8S4. The van der Waals surface area contributed by atoms with Crippen molar-refractivity contribution in [1.29, 1.82) is 0 Å². The summed E-state index contributed by atoms with van der Waals surface area (Å²) < 4.78 is 49.9. The van der Waals surface area contributed by atoms with Gasteiger partial charge in [0.15, 0.2) is 0 Å². The molecule has 2 aromatic carbocycles. The summed E-state index contributed by atoms with van der Waals surface area (Å²) in [5.74, 6) is -0.870. The quantitative estimate of drug-likeness (QED) is 0.0799. The molecule has 390 valence electrons. The maximum absolute atomic E-state index is 13.8. The number of fused-ring (bicyclic) bond motifs is 4. The topological polar surface area (TPSA) is 200 Å². The molecule has 6 aromatic rings. The van der Waals surface area contributed by atoms with Crippen molar-refractivity contribution in [3.05, 3.63) is 68.9 Å². The van der Waals surface area contributed by atoms with Gasteiger partial charge < -0.3 is 50.4 Å². The van der Waals surface area contributed by atoms with Crippen molar-refractivity contribution in [2.45, 2.75) is 98.4 Å². The molecule has 0 spiro atoms. The Morgan fingerprint density at radius 2 is 1.14 bits per heavy atom. The lowest BCUT2D eigenvalue weighted by molar-refractivity contribution is -0.116. The Bertz CT molecular complexity index is 2850. The number of nitrogens with zero attached hydrogens (tertiary/aromatic N) is 4. The highest BCUT2D eigenvalue weighted by Gasteiger charge is 2.33. The Hall–Kier alpha value is -5.20. The second-order valence-corrected chi connectivity index (χ2v) is 23.0. The monoisotopic (exact) mass is 1070 g/mol. The summed E-state index contributed by atoms with van der Waals surface area (Å²) in [6.07, 6.45) is 1.21. The molecule has 0 radical (unpaired) electrons. The zero-order valence-corrected chi connectivity index (χ0v) is 45.4. The number of carbonyl (C=O) groups is 4. The molecule has 0 fully saturated rings. The number of hydrogen-bond donors (Lipinski definition) is 4. The predicted octanol–water partition coefficient (Wildman–Crippen LogP) is 10.4. The van der Waals surface area contributed by atoms with Gasteiger partial charge in [-0.1, -0.05) is 6.92 Å². The van der Waals surface area contributed by atoms with Gasteiger partial charge in [0.1, 0.15) is 42.9 Å². The number of thiazole rings is 2. The average Bonchev–Trinajstić information content (AvgIpc) is 4.09. The first kappa shape index (κ1) is 56.1. The van der Waals surface area contributed by atoms with Gasteiger partial charge in [-0.05, 0) is 89.8 Å². The Morgan fingerprint density at radius 1 is 0.681 bits per heavy atom. The molecule has 8 rings (SSSR count). The van der Waals surface area contributed by atoms with E-state index in [0.717, 1.165) is 56.4 Å². The number of benzene rings is 2. The Balaban J connectivity index is 0.000000217. The van der Waals surface area contributed by atoms with Crippen LogP contribution in [0.4, 0.5) is 28.4 Å². The van der Waals surface area contributed by atoms with Crippen molar-refractivity contribution in [1.82, 2.24) is 25.1 Å². The van der Waals surface area contributed by atoms with E-state index < -0.39 is 11.2 Å². The standard InChI is InChI=1S/C25H31FN4O4S2.C22H24FN3O3S2.C3H9NO/c1-25(2,3)34-24(32)30-11-8-16-19(14-30)36-23(29-20(31)7-9-27-10-12-33-4)21(16)22-28-17-13-15(26)5-6-18(17)35-22;1-5-17(27)25-20-18(19-24-14-10-12(23)6-7-15(14)30-19)13-8-9-26(11-16(13)31-20)21(28)29-22(2,3)4;1-5-3-2-4/h5-6,13,27H,7-12,14H2,1-4H3,(H,29,31);6-7,10H,5,8-9,11H2,1-4H3,(H,25,27);2-4H2,1H3. The number of carbonyl (C=O) groups excluding carboxylic acids is 4. The maximum atomic E-state index is 13.8. The number of anilines is 2. The number of aromatic nitrogens is 2. The third-order valence-corrected chi connectivity index (χ3v) is 15.1. The van der Waals surface area contributed by atoms with Crippen molar-refractivity contribution in [2.75, 3.05) is 70.8 Å². The molecule has 5 N–H and O–H groups in total. The fourth-order valence-electron chi connectivity index (χ4n) is 7.44. The molecule has 16 nitrogen and oxygen atoms in total. The minimum Gasteiger partial charge on any atom is -0.444 e. The lowest BCUT2D eigenvalue weighted by atomic mass is 10.0. The summed E-state index contributed by atoms with van der Waals surface area (Å²) in [6.45, 7) is 17.8. The lowest BCUT2D eigenvalue weighted by Crippen LogP contribution is -2.39. The van der Waals surface area contributed by atoms with Gasteiger partial charge >= 0.3 is 12.2 Å². The molecule has 22 heteroatoms. The Morgan fingerprint density at radius 3 is 1.54 bits per heavy atom. The molecule has 0 saturated carbocycles. The number of rotatable bonds is 13. The zero-order valence-electron chi connectivity index (χ0n) is 42.2. The average molecular weight is 1070 g/mol. The zero-order chi connectivity index (χ0) is 52.3. The minimum atomic E-state index is -0.579. The first-order valence-corrected chi connectivity index (χ1v) is 26.8. The molecule has 6 heterocycles. The molecule has 0 saturated heterocycles. The Kier molecular flexibility index (Phi) is 19.6. The van der Waals surface area contributed by atoms with Gasteiger partial charge in [-0.15, -0.1) is 45.3 Å². The van der Waals surface area contributed by atoms with Crippen molar-refractivity contribution in [3.8, 4) is 21.1 Å². The lowest BCUT2D eigenvalue weighted by Gasteiger charge is -2.30. The maximum Gasteiger partial charge on any atom is 0.410 e. The predicted molar refractivity (Wildman–Crippen MR) is 284 cm³/mol. The van der Waals surface area contributed by atoms with Crippen LogP contribution in [0.5, 0.6) is 0 Å². The largest absolute Gasteiger partial charge is 0.444 e. The molecule has 4 aromatic heterocycles. The van der Waals surface area contributed by atoms with Crippen molar-refractivity contribution in [2.24, 2.45) is 5.73 Å². The molecule has 4 amide bonds. The molecule has 2 aliphatic heterocycles. The number of halogens is 2. The molecule has 72 heavy (non-hydrogen) atoms. The number of methoxy groups -OCH3 is 2. The van der Waals surface area contributed by atoms with Gasteiger partial charge in [-0.3, -0.25) is 9.59 Å². The van der Waals surface area contributed by atoms with Crippen LogP contribution in [0.3, 0.4) is 0 Å². The normalized spacial score (nSPS) is 13.4. The van der Waals surface area contributed by atoms with Crippen LogP contribution >= 0.6 is 45.3 Å². The van der Waals surface area contributed by atoms with Crippen LogP contribution in [0.25, 0.3) is 41.6 Å². The number of ether oxygens (including phenoxy) is 4. The number of hydrogen-bond acceptors (Lipinski definition) is 16. The fraction of sp³-hybridized carbons (Fsp3) is 0.480. The minimum absolute atomic E-state index is 0.0870. The van der Waals surface area contributed by atoms with E-state index in [1.807, 2.05) is 41.5 Å². The molecule has 0 unspecified atom stereocenters. The summed E-state index contributed by atoms with van der Waals surface area (Å²) in [4.78, 5) is 64.9. The van der Waals surface area contributed by atoms with Gasteiger partial charge in [-0.2, -0.15) is 0 Å². The molecule has 0 aliphatic carbocycles. The number of nitrogens with one attached hydrogen (secondary N) is 3. The smallest absolute Gasteiger partial charge is 0.410 e. The summed E-state index contributed by atoms with van der Waals surface area (Å²) in [6, 6.07) is 9.13. The molecule has 2 aliphatic rings. The second kappa shape index (κ2) is 25.2. The fourth-order valence-corrected chi connectivity index (χ4v) is 12.2. The molecule has 0 atom stereocenters. The van der Waals surface area contributed by atoms with Gasteiger partial charge in [0.25, 0.3) is 0 Å². The van der Waals surface area contributed by atoms with Gasteiger partial charge in [0.2, 0.25) is 11.8 Å². The highest BCUT2D eigenvalue weighted by atomic mass is 32.1. The molecule has 0 bridgehead atoms. The van der Waals surface area contributed by atoms with E-state index in [1.54, 1.807) is 43.1 Å². The van der Waals surface area contributed by atoms with E-state index in [0.29, 0.717) is 101 Å². The van der Waals surface area contributed by atoms with Crippen molar-refractivity contribution >= 4 is 99.8 Å². The van der Waals surface area contributed by atoms with Gasteiger partial charge in [-0.25, -0.2) is 28.3 Å². The van der Waals surface area contributed by atoms with E-state index in [-0.39, 0.29) is 35.6 Å². The van der Waals surface area contributed by atoms with Crippen LogP contribution in [-0.4, -0.2) is 115 Å². The van der Waals surface area contributed by atoms with Crippen LogP contribution in [0.1, 0.15) is 82.2 Å². The van der Waals surface area contributed by atoms with Crippen molar-refractivity contribution in [3.63, 3.8) is 0 Å². The summed E-state index contributed by atoms with van der Waals surface area (Å²) in [7, 11) is 3.27. The van der Waals surface area contributed by atoms with E-state index in [1.165, 1.54) is 69.6 Å². The van der Waals surface area contributed by atoms with E-state index in [9.17, 15) is 28.0 Å². The second-order valence-electron chi connectivity index (χ2n) is 18.7. The van der Waals surface area contributed by atoms with Crippen molar-refractivity contribution < 1.29 is 46.9 Å². The Labute approximate surface area is 434 Å². The number of nitrogens with two attached hydrogens (primary N) is 1. The highest BCUT2D eigenvalue weighted by Crippen LogP contribution is 2.47. The number of thiophene rings is 2. The third-order valence-electron chi connectivity index (χ3n) is 10.7. The highest BCUT2D eigenvalue weighted by molar-refractivity contribution is 7.23. The van der Waals surface area contributed by atoms with Crippen LogP contribution in [0.2, 0.25) is 0 Å². The molecular weight excluding hydrogens is 1010 g/mol. The van der Waals surface area contributed by atoms with Crippen LogP contribution < -0.4 is 21.7 Å². The van der Waals surface area contributed by atoms with E-state index >= 15 is 0 Å². The van der Waals surface area contributed by atoms with Gasteiger partial charge in [0.05, 0.1) is 46.7 Å². The SMILES string of the molecule is CCC(=O)Nc1sc2c(c1-c1nc3cc(F)ccc3s1)CCN(C(=O)OC(C)(C)C)C2.COCCN.COCCNCCC(=O)Nc1sc2c(c1-c1nc3cc(F)ccc3s1)CCN(C(=O)OC(C)(C)C)C2. The van der Waals surface area contributed by atoms with E-state index in [2.05, 4.69) is 25.7 Å². The first-order chi connectivity index (χ1) is 34.2.